The number of rotatable bonds is 5. The number of benzene rings is 1. The highest BCUT2D eigenvalue weighted by atomic mass is 35.5. The van der Waals surface area contributed by atoms with Crippen molar-refractivity contribution in [1.29, 1.82) is 0 Å². The van der Waals surface area contributed by atoms with Crippen LogP contribution in [0.3, 0.4) is 0 Å². The maximum absolute atomic E-state index is 11.5. The van der Waals surface area contributed by atoms with Gasteiger partial charge in [0.2, 0.25) is 0 Å². The first-order chi connectivity index (χ1) is 9.08. The second-order valence-electron chi connectivity index (χ2n) is 3.92. The van der Waals surface area contributed by atoms with E-state index in [4.69, 9.17) is 23.8 Å². The molecule has 0 fully saturated rings. The molecule has 1 aromatic rings. The van der Waals surface area contributed by atoms with Crippen molar-refractivity contribution in [2.24, 2.45) is 0 Å². The molecule has 0 saturated heterocycles. The predicted molar refractivity (Wildman–Crippen MR) is 81.9 cm³/mol. The van der Waals surface area contributed by atoms with Gasteiger partial charge in [0.15, 0.2) is 5.11 Å². The van der Waals surface area contributed by atoms with Gasteiger partial charge in [-0.3, -0.25) is 0 Å². The Kier molecular flexibility index (Phi) is 6.59. The molecular formula is C13H17ClN2O2S. The summed E-state index contributed by atoms with van der Waals surface area (Å²) in [6, 6.07) is 5.00. The van der Waals surface area contributed by atoms with Gasteiger partial charge < -0.3 is 15.4 Å². The smallest absolute Gasteiger partial charge is 0.339 e. The summed E-state index contributed by atoms with van der Waals surface area (Å²) in [6.07, 6.45) is 2.15. The second-order valence-corrected chi connectivity index (χ2v) is 4.74. The average Bonchev–Trinajstić information content (AvgIpc) is 2.40. The van der Waals surface area contributed by atoms with Crippen molar-refractivity contribution >= 4 is 40.6 Å². The molecule has 0 amide bonds. The van der Waals surface area contributed by atoms with E-state index >= 15 is 0 Å². The summed E-state index contributed by atoms with van der Waals surface area (Å²) in [5.74, 6) is -0.474. The van der Waals surface area contributed by atoms with E-state index in [1.807, 2.05) is 0 Å². The Labute approximate surface area is 123 Å². The van der Waals surface area contributed by atoms with Gasteiger partial charge in [0.25, 0.3) is 0 Å². The molecule has 104 valence electrons. The lowest BCUT2D eigenvalue weighted by atomic mass is 10.2. The molecule has 0 bridgehead atoms. The summed E-state index contributed by atoms with van der Waals surface area (Å²) < 4.78 is 4.66. The van der Waals surface area contributed by atoms with Crippen LogP contribution in [-0.4, -0.2) is 24.7 Å². The molecule has 0 radical (unpaired) electrons. The highest BCUT2D eigenvalue weighted by molar-refractivity contribution is 7.80. The van der Waals surface area contributed by atoms with Gasteiger partial charge in [-0.05, 0) is 36.8 Å². The molecular weight excluding hydrogens is 284 g/mol. The van der Waals surface area contributed by atoms with Crippen LogP contribution in [0, 0.1) is 0 Å². The van der Waals surface area contributed by atoms with Gasteiger partial charge in [0, 0.05) is 12.2 Å². The van der Waals surface area contributed by atoms with E-state index in [9.17, 15) is 4.79 Å². The van der Waals surface area contributed by atoms with Crippen LogP contribution in [0.4, 0.5) is 5.69 Å². The number of thiocarbonyl (C=S) groups is 1. The standard InChI is InChI=1S/C13H17ClN2O2S/c1-3-4-7-15-13(19)16-9-5-6-11(14)10(8-9)12(17)18-2/h5-6,8H,3-4,7H2,1-2H3,(H2,15,16,19). The van der Waals surface area contributed by atoms with Crippen LogP contribution >= 0.6 is 23.8 Å². The fourth-order valence-electron chi connectivity index (χ4n) is 1.42. The van der Waals surface area contributed by atoms with Gasteiger partial charge >= 0.3 is 5.97 Å². The van der Waals surface area contributed by atoms with Gasteiger partial charge in [0.1, 0.15) is 0 Å². The van der Waals surface area contributed by atoms with Crippen molar-refractivity contribution in [3.63, 3.8) is 0 Å². The molecule has 0 aromatic heterocycles. The van der Waals surface area contributed by atoms with Crippen molar-refractivity contribution < 1.29 is 9.53 Å². The van der Waals surface area contributed by atoms with Crippen molar-refractivity contribution in [3.8, 4) is 0 Å². The normalized spacial score (nSPS) is 9.84. The summed E-state index contributed by atoms with van der Waals surface area (Å²) in [6.45, 7) is 2.93. The Bertz CT molecular complexity index is 466. The van der Waals surface area contributed by atoms with Gasteiger partial charge in [-0.1, -0.05) is 24.9 Å². The maximum atomic E-state index is 11.5. The summed E-state index contributed by atoms with van der Waals surface area (Å²) in [4.78, 5) is 11.5. The number of unbranched alkanes of at least 4 members (excludes halogenated alkanes) is 1. The number of methoxy groups -OCH3 is 1. The third-order valence-electron chi connectivity index (χ3n) is 2.45. The minimum absolute atomic E-state index is 0.311. The molecule has 0 aliphatic rings. The van der Waals surface area contributed by atoms with Crippen LogP contribution in [0.2, 0.25) is 5.02 Å². The number of hydrogen-bond acceptors (Lipinski definition) is 3. The number of hydrogen-bond donors (Lipinski definition) is 2. The highest BCUT2D eigenvalue weighted by Gasteiger charge is 2.11. The van der Waals surface area contributed by atoms with E-state index in [1.165, 1.54) is 7.11 Å². The largest absolute Gasteiger partial charge is 0.465 e. The number of ether oxygens (including phenoxy) is 1. The zero-order chi connectivity index (χ0) is 14.3. The van der Waals surface area contributed by atoms with E-state index in [-0.39, 0.29) is 0 Å². The predicted octanol–water partition coefficient (Wildman–Crippen LogP) is 3.21. The molecule has 6 heteroatoms. The van der Waals surface area contributed by atoms with E-state index in [0.717, 1.165) is 19.4 Å². The van der Waals surface area contributed by atoms with E-state index in [1.54, 1.807) is 18.2 Å². The molecule has 0 aliphatic carbocycles. The quantitative estimate of drug-likeness (QED) is 0.497. The molecule has 4 nitrogen and oxygen atoms in total. The third-order valence-corrected chi connectivity index (χ3v) is 3.02. The number of halogens is 1. The SMILES string of the molecule is CCCCNC(=S)Nc1ccc(Cl)c(C(=O)OC)c1. The number of esters is 1. The zero-order valence-corrected chi connectivity index (χ0v) is 12.5. The lowest BCUT2D eigenvalue weighted by Crippen LogP contribution is -2.29. The van der Waals surface area contributed by atoms with Crippen molar-refractivity contribution in [2.45, 2.75) is 19.8 Å². The van der Waals surface area contributed by atoms with Crippen molar-refractivity contribution in [1.82, 2.24) is 5.32 Å². The molecule has 0 atom stereocenters. The Hall–Kier alpha value is -1.33. The Morgan fingerprint density at radius 2 is 2.21 bits per heavy atom. The molecule has 0 unspecified atom stereocenters. The molecule has 2 N–H and O–H groups in total. The lowest BCUT2D eigenvalue weighted by Gasteiger charge is -2.11. The van der Waals surface area contributed by atoms with E-state index < -0.39 is 5.97 Å². The first-order valence-corrected chi connectivity index (χ1v) is 6.79. The maximum Gasteiger partial charge on any atom is 0.339 e. The third kappa shape index (κ3) is 5.04. The van der Waals surface area contributed by atoms with Crippen LogP contribution in [0.5, 0.6) is 0 Å². The van der Waals surface area contributed by atoms with Crippen LogP contribution < -0.4 is 10.6 Å². The minimum Gasteiger partial charge on any atom is -0.465 e. The summed E-state index contributed by atoms with van der Waals surface area (Å²) in [5, 5.41) is 6.95. The number of carbonyl (C=O) groups excluding carboxylic acids is 1. The summed E-state index contributed by atoms with van der Waals surface area (Å²) >= 11 is 11.1. The van der Waals surface area contributed by atoms with Crippen LogP contribution in [0.15, 0.2) is 18.2 Å². The highest BCUT2D eigenvalue weighted by Crippen LogP contribution is 2.21. The molecule has 0 spiro atoms. The number of anilines is 1. The Morgan fingerprint density at radius 1 is 1.47 bits per heavy atom. The first kappa shape index (κ1) is 15.7. The first-order valence-electron chi connectivity index (χ1n) is 6.01. The number of nitrogens with one attached hydrogen (secondary N) is 2. The molecule has 0 saturated carbocycles. The summed E-state index contributed by atoms with van der Waals surface area (Å²) in [7, 11) is 1.32. The minimum atomic E-state index is -0.474. The van der Waals surface area contributed by atoms with Gasteiger partial charge in [-0.25, -0.2) is 4.79 Å². The van der Waals surface area contributed by atoms with Crippen LogP contribution in [-0.2, 0) is 4.74 Å². The summed E-state index contributed by atoms with van der Waals surface area (Å²) in [5.41, 5.74) is 1.00. The molecule has 0 aliphatic heterocycles. The van der Waals surface area contributed by atoms with Crippen molar-refractivity contribution in [3.05, 3.63) is 28.8 Å². The topological polar surface area (TPSA) is 50.4 Å². The zero-order valence-electron chi connectivity index (χ0n) is 11.0. The lowest BCUT2D eigenvalue weighted by molar-refractivity contribution is 0.0601. The van der Waals surface area contributed by atoms with E-state index in [0.29, 0.717) is 21.4 Å². The van der Waals surface area contributed by atoms with E-state index in [2.05, 4.69) is 22.3 Å². The molecule has 0 heterocycles. The average molecular weight is 301 g/mol. The van der Waals surface area contributed by atoms with Gasteiger partial charge in [-0.2, -0.15) is 0 Å². The Balaban J connectivity index is 2.69. The molecule has 1 aromatic carbocycles. The fraction of sp³-hybridized carbons (Fsp3) is 0.385. The van der Waals surface area contributed by atoms with Crippen LogP contribution in [0.25, 0.3) is 0 Å². The molecule has 1 rings (SSSR count). The fourth-order valence-corrected chi connectivity index (χ4v) is 1.84. The van der Waals surface area contributed by atoms with Crippen LogP contribution in [0.1, 0.15) is 30.1 Å². The monoisotopic (exact) mass is 300 g/mol. The molecule has 19 heavy (non-hydrogen) atoms. The van der Waals surface area contributed by atoms with Crippen molar-refractivity contribution in [2.75, 3.05) is 19.0 Å². The van der Waals surface area contributed by atoms with Gasteiger partial charge in [0.05, 0.1) is 17.7 Å². The number of carbonyl (C=O) groups is 1. The second kappa shape index (κ2) is 7.96. The Morgan fingerprint density at radius 3 is 2.84 bits per heavy atom. The van der Waals surface area contributed by atoms with Gasteiger partial charge in [-0.15, -0.1) is 0 Å².